The number of para-hydroxylation sites is 1. The van der Waals surface area contributed by atoms with Crippen LogP contribution in [-0.4, -0.2) is 35.5 Å². The number of amides is 4. The zero-order valence-corrected chi connectivity index (χ0v) is 17.7. The van der Waals surface area contributed by atoms with Gasteiger partial charge >= 0.3 is 6.03 Å². The number of aromatic nitrogens is 1. The largest absolute Gasteiger partial charge is 0.493 e. The van der Waals surface area contributed by atoms with E-state index in [2.05, 4.69) is 33.1 Å². The first-order valence-electron chi connectivity index (χ1n) is 10.5. The molecule has 4 rings (SSSR count). The number of fused-ring (bicyclic) bond motifs is 1. The Morgan fingerprint density at radius 2 is 1.91 bits per heavy atom. The summed E-state index contributed by atoms with van der Waals surface area (Å²) in [7, 11) is 0. The first kappa shape index (κ1) is 21.3. The van der Waals surface area contributed by atoms with Gasteiger partial charge in [0.15, 0.2) is 0 Å². The van der Waals surface area contributed by atoms with Crippen molar-refractivity contribution in [1.82, 2.24) is 15.6 Å². The average molecular weight is 432 g/mol. The smallest absolute Gasteiger partial charge is 0.322 e. The number of nitrogens with one attached hydrogen (secondary N) is 3. The van der Waals surface area contributed by atoms with Gasteiger partial charge in [-0.3, -0.25) is 19.9 Å². The van der Waals surface area contributed by atoms with Gasteiger partial charge in [0.25, 0.3) is 5.91 Å². The summed E-state index contributed by atoms with van der Waals surface area (Å²) in [4.78, 5) is 39.3. The van der Waals surface area contributed by atoms with Gasteiger partial charge < -0.3 is 15.4 Å². The zero-order valence-electron chi connectivity index (χ0n) is 17.7. The van der Waals surface area contributed by atoms with E-state index < -0.39 is 18.0 Å². The molecule has 0 saturated carbocycles. The highest BCUT2D eigenvalue weighted by Gasteiger charge is 2.29. The standard InChI is InChI=1S/C24H24N4O4/c1-15-14-16(19-4-2-3-5-20(19)25-15)12-13-32-18-8-6-17(7-9-18)26-22(29)11-10-21-23(30)28-24(31)27-21/h2-9,14,21H,10-13H2,1H3,(H,26,29)(H2,27,28,30,31). The Morgan fingerprint density at radius 3 is 2.66 bits per heavy atom. The molecule has 8 heteroatoms. The second-order valence-electron chi connectivity index (χ2n) is 7.66. The Morgan fingerprint density at radius 1 is 1.12 bits per heavy atom. The Hall–Kier alpha value is -3.94. The molecule has 0 radical (unpaired) electrons. The maximum absolute atomic E-state index is 12.1. The number of ether oxygens (including phenoxy) is 1. The van der Waals surface area contributed by atoms with Crippen molar-refractivity contribution in [3.63, 3.8) is 0 Å². The normalized spacial score (nSPS) is 15.3. The van der Waals surface area contributed by atoms with Crippen LogP contribution < -0.4 is 20.7 Å². The van der Waals surface area contributed by atoms with Gasteiger partial charge in [-0.25, -0.2) is 4.79 Å². The summed E-state index contributed by atoms with van der Waals surface area (Å²) in [5.74, 6) is 0.0789. The fraction of sp³-hybridized carbons (Fsp3) is 0.250. The lowest BCUT2D eigenvalue weighted by Gasteiger charge is -2.11. The van der Waals surface area contributed by atoms with Gasteiger partial charge in [-0.05, 0) is 55.3 Å². The van der Waals surface area contributed by atoms with E-state index in [0.717, 1.165) is 23.0 Å². The van der Waals surface area contributed by atoms with Crippen molar-refractivity contribution < 1.29 is 19.1 Å². The van der Waals surface area contributed by atoms with Crippen molar-refractivity contribution in [3.05, 3.63) is 65.9 Å². The highest BCUT2D eigenvalue weighted by molar-refractivity contribution is 6.04. The van der Waals surface area contributed by atoms with E-state index in [0.29, 0.717) is 18.0 Å². The lowest BCUT2D eigenvalue weighted by molar-refractivity contribution is -0.120. The number of imide groups is 1. The number of hydrogen-bond donors (Lipinski definition) is 3. The van der Waals surface area contributed by atoms with Crippen LogP contribution in [0.1, 0.15) is 24.1 Å². The van der Waals surface area contributed by atoms with Crippen LogP contribution in [0.3, 0.4) is 0 Å². The van der Waals surface area contributed by atoms with Crippen LogP contribution in [-0.2, 0) is 16.0 Å². The van der Waals surface area contributed by atoms with Crippen LogP contribution >= 0.6 is 0 Å². The minimum Gasteiger partial charge on any atom is -0.493 e. The topological polar surface area (TPSA) is 109 Å². The van der Waals surface area contributed by atoms with Gasteiger partial charge in [0.05, 0.1) is 12.1 Å². The number of hydrogen-bond acceptors (Lipinski definition) is 5. The molecular weight excluding hydrogens is 408 g/mol. The van der Waals surface area contributed by atoms with E-state index in [1.54, 1.807) is 24.3 Å². The van der Waals surface area contributed by atoms with Crippen molar-refractivity contribution in [3.8, 4) is 5.75 Å². The van der Waals surface area contributed by atoms with Gasteiger partial charge in [-0.2, -0.15) is 0 Å². The number of benzene rings is 2. The predicted molar refractivity (Wildman–Crippen MR) is 120 cm³/mol. The summed E-state index contributed by atoms with van der Waals surface area (Å²) in [5.41, 5.74) is 3.80. The van der Waals surface area contributed by atoms with Crippen LogP contribution in [0.2, 0.25) is 0 Å². The molecule has 1 aromatic heterocycles. The van der Waals surface area contributed by atoms with E-state index in [9.17, 15) is 14.4 Å². The molecule has 3 aromatic rings. The molecule has 164 valence electrons. The molecule has 0 aliphatic carbocycles. The van der Waals surface area contributed by atoms with Gasteiger partial charge in [0.2, 0.25) is 5.91 Å². The first-order chi connectivity index (χ1) is 15.5. The molecule has 4 amide bonds. The number of urea groups is 1. The highest BCUT2D eigenvalue weighted by Crippen LogP contribution is 2.20. The summed E-state index contributed by atoms with van der Waals surface area (Å²) in [6.07, 6.45) is 1.12. The van der Waals surface area contributed by atoms with Crippen LogP contribution in [0.5, 0.6) is 5.75 Å². The van der Waals surface area contributed by atoms with Crippen LogP contribution in [0, 0.1) is 6.92 Å². The SMILES string of the molecule is Cc1cc(CCOc2ccc(NC(=O)CCC3NC(=O)NC3=O)cc2)c2ccccc2n1. The van der Waals surface area contributed by atoms with Crippen LogP contribution in [0.4, 0.5) is 10.5 Å². The Kier molecular flexibility index (Phi) is 6.30. The number of carbonyl (C=O) groups is 3. The molecule has 32 heavy (non-hydrogen) atoms. The molecule has 8 nitrogen and oxygen atoms in total. The van der Waals surface area contributed by atoms with E-state index in [4.69, 9.17) is 4.74 Å². The number of aryl methyl sites for hydroxylation is 1. The minimum atomic E-state index is -0.662. The molecule has 2 aromatic carbocycles. The molecule has 1 fully saturated rings. The van der Waals surface area contributed by atoms with Crippen LogP contribution in [0.25, 0.3) is 10.9 Å². The van der Waals surface area contributed by atoms with Gasteiger partial charge in [-0.1, -0.05) is 18.2 Å². The van der Waals surface area contributed by atoms with Crippen molar-refractivity contribution >= 4 is 34.4 Å². The molecule has 0 bridgehead atoms. The fourth-order valence-electron chi connectivity index (χ4n) is 3.68. The minimum absolute atomic E-state index is 0.121. The molecule has 1 atom stereocenters. The van der Waals surface area contributed by atoms with Gasteiger partial charge in [0.1, 0.15) is 11.8 Å². The third-order valence-electron chi connectivity index (χ3n) is 5.23. The third kappa shape index (κ3) is 5.21. The predicted octanol–water partition coefficient (Wildman–Crippen LogP) is 3.09. The number of rotatable bonds is 8. The number of carbonyl (C=O) groups excluding carboxylic acids is 3. The molecule has 1 saturated heterocycles. The monoisotopic (exact) mass is 432 g/mol. The number of nitrogens with zero attached hydrogens (tertiary/aromatic N) is 1. The lowest BCUT2D eigenvalue weighted by Crippen LogP contribution is -2.30. The summed E-state index contributed by atoms with van der Waals surface area (Å²) in [6.45, 7) is 2.51. The van der Waals surface area contributed by atoms with Gasteiger partial charge in [-0.15, -0.1) is 0 Å². The summed E-state index contributed by atoms with van der Waals surface area (Å²) in [6, 6.07) is 16.1. The second kappa shape index (κ2) is 9.47. The van der Waals surface area contributed by atoms with E-state index >= 15 is 0 Å². The Bertz CT molecular complexity index is 1160. The molecule has 1 aliphatic heterocycles. The fourth-order valence-corrected chi connectivity index (χ4v) is 3.68. The van der Waals surface area contributed by atoms with Crippen molar-refractivity contribution in [2.45, 2.75) is 32.2 Å². The molecule has 3 N–H and O–H groups in total. The van der Waals surface area contributed by atoms with E-state index in [-0.39, 0.29) is 18.7 Å². The van der Waals surface area contributed by atoms with E-state index in [1.807, 2.05) is 25.1 Å². The summed E-state index contributed by atoms with van der Waals surface area (Å²) >= 11 is 0. The summed E-state index contributed by atoms with van der Waals surface area (Å²) < 4.78 is 5.88. The third-order valence-corrected chi connectivity index (χ3v) is 5.23. The van der Waals surface area contributed by atoms with Gasteiger partial charge in [0, 0.05) is 29.6 Å². The maximum atomic E-state index is 12.1. The first-order valence-corrected chi connectivity index (χ1v) is 10.5. The van der Waals surface area contributed by atoms with Crippen molar-refractivity contribution in [2.75, 3.05) is 11.9 Å². The zero-order chi connectivity index (χ0) is 22.5. The molecule has 2 heterocycles. The maximum Gasteiger partial charge on any atom is 0.322 e. The Balaban J connectivity index is 1.26. The quantitative estimate of drug-likeness (QED) is 0.474. The van der Waals surface area contributed by atoms with E-state index in [1.165, 1.54) is 5.56 Å². The molecule has 1 aliphatic rings. The average Bonchev–Trinajstić information content (AvgIpc) is 3.10. The Labute approximate surface area is 185 Å². The number of anilines is 1. The molecule has 0 spiro atoms. The summed E-state index contributed by atoms with van der Waals surface area (Å²) in [5, 5.41) is 8.54. The second-order valence-corrected chi connectivity index (χ2v) is 7.66. The highest BCUT2D eigenvalue weighted by atomic mass is 16.5. The molecule has 1 unspecified atom stereocenters. The van der Waals surface area contributed by atoms with Crippen LogP contribution in [0.15, 0.2) is 54.6 Å². The molecular formula is C24H24N4O4. The van der Waals surface area contributed by atoms with Crippen molar-refractivity contribution in [2.24, 2.45) is 0 Å². The number of pyridine rings is 1. The lowest BCUT2D eigenvalue weighted by atomic mass is 10.1. The van der Waals surface area contributed by atoms with Crippen molar-refractivity contribution in [1.29, 1.82) is 0 Å².